The number of anilines is 2. The number of sulfonamides is 1. The topological polar surface area (TPSA) is 92.3 Å². The summed E-state index contributed by atoms with van der Waals surface area (Å²) in [6.45, 7) is 5.58. The average molecular weight is 491 g/mol. The van der Waals surface area contributed by atoms with Crippen LogP contribution in [0.25, 0.3) is 0 Å². The van der Waals surface area contributed by atoms with E-state index < -0.39 is 22.0 Å². The van der Waals surface area contributed by atoms with E-state index in [1.54, 1.807) is 19.1 Å². The van der Waals surface area contributed by atoms with Crippen LogP contribution >= 0.6 is 23.1 Å². The van der Waals surface area contributed by atoms with E-state index in [1.165, 1.54) is 33.0 Å². The number of hydrogen-bond donors (Lipinski definition) is 1. The molecule has 0 aliphatic heterocycles. The van der Waals surface area contributed by atoms with Crippen molar-refractivity contribution in [1.82, 2.24) is 10.2 Å². The van der Waals surface area contributed by atoms with Gasteiger partial charge in [0, 0.05) is 5.75 Å². The fourth-order valence-electron chi connectivity index (χ4n) is 3.36. The van der Waals surface area contributed by atoms with E-state index >= 15 is 0 Å². The summed E-state index contributed by atoms with van der Waals surface area (Å²) < 4.78 is 27.2. The zero-order valence-electron chi connectivity index (χ0n) is 18.4. The van der Waals surface area contributed by atoms with Crippen molar-refractivity contribution in [3.8, 4) is 0 Å². The minimum atomic E-state index is -3.70. The molecule has 0 radical (unpaired) electrons. The van der Waals surface area contributed by atoms with Crippen LogP contribution in [0.5, 0.6) is 0 Å². The molecule has 0 spiro atoms. The van der Waals surface area contributed by atoms with Crippen LogP contribution in [0.2, 0.25) is 0 Å². The minimum absolute atomic E-state index is 0.306. The van der Waals surface area contributed by atoms with E-state index in [9.17, 15) is 13.2 Å². The van der Waals surface area contributed by atoms with Gasteiger partial charge in [-0.2, -0.15) is 0 Å². The highest BCUT2D eigenvalue weighted by Gasteiger charge is 2.32. The number of aryl methyl sites for hydroxylation is 2. The van der Waals surface area contributed by atoms with Gasteiger partial charge >= 0.3 is 0 Å². The first-order chi connectivity index (χ1) is 15.2. The summed E-state index contributed by atoms with van der Waals surface area (Å²) in [5, 5.41) is 11.3. The number of aromatic nitrogens is 2. The molecule has 1 amide bonds. The number of carbonyl (C=O) groups is 1. The SMILES string of the molecule is CC[C@@H](C(=O)Nc1nnc(SCc2ccccc2)s1)N(c1cc(C)cc(C)c1)S(C)(=O)=O. The molecular weight excluding hydrogens is 464 g/mol. The first-order valence-electron chi connectivity index (χ1n) is 10.1. The maximum atomic E-state index is 13.1. The quantitative estimate of drug-likeness (QED) is 0.347. The second kappa shape index (κ2) is 10.5. The summed E-state index contributed by atoms with van der Waals surface area (Å²) in [6, 6.07) is 14.6. The van der Waals surface area contributed by atoms with E-state index in [1.807, 2.05) is 50.2 Å². The third kappa shape index (κ3) is 6.30. The summed E-state index contributed by atoms with van der Waals surface area (Å²) in [5.74, 6) is 0.308. The summed E-state index contributed by atoms with van der Waals surface area (Å²) in [5.41, 5.74) is 3.49. The van der Waals surface area contributed by atoms with Gasteiger partial charge in [-0.1, -0.05) is 66.4 Å². The van der Waals surface area contributed by atoms with Gasteiger partial charge < -0.3 is 0 Å². The molecule has 1 N–H and O–H groups in total. The van der Waals surface area contributed by atoms with Crippen molar-refractivity contribution in [2.75, 3.05) is 15.9 Å². The van der Waals surface area contributed by atoms with E-state index in [0.717, 1.165) is 27.5 Å². The van der Waals surface area contributed by atoms with Crippen LogP contribution < -0.4 is 9.62 Å². The Morgan fingerprint density at radius 3 is 2.38 bits per heavy atom. The smallest absolute Gasteiger partial charge is 0.250 e. The molecule has 0 unspecified atom stereocenters. The first kappa shape index (κ1) is 24.2. The Morgan fingerprint density at radius 1 is 1.12 bits per heavy atom. The standard InChI is InChI=1S/C22H26N4O3S3/c1-5-19(26(32(4,28)29)18-12-15(2)11-16(3)13-18)20(27)23-21-24-25-22(31-21)30-14-17-9-7-6-8-10-17/h6-13,19H,5,14H2,1-4H3,(H,23,24,27)/t19-/m0/s1. The highest BCUT2D eigenvalue weighted by atomic mass is 32.2. The Bertz CT molecular complexity index is 1160. The van der Waals surface area contributed by atoms with Gasteiger partial charge in [0.2, 0.25) is 21.1 Å². The van der Waals surface area contributed by atoms with Crippen molar-refractivity contribution in [1.29, 1.82) is 0 Å². The molecule has 7 nitrogen and oxygen atoms in total. The first-order valence-corrected chi connectivity index (χ1v) is 13.7. The van der Waals surface area contributed by atoms with Gasteiger partial charge in [0.15, 0.2) is 4.34 Å². The van der Waals surface area contributed by atoms with Crippen LogP contribution in [0.15, 0.2) is 52.9 Å². The fraction of sp³-hybridized carbons (Fsp3) is 0.318. The Kier molecular flexibility index (Phi) is 7.91. The molecule has 0 fully saturated rings. The second-order valence-electron chi connectivity index (χ2n) is 7.47. The van der Waals surface area contributed by atoms with Gasteiger partial charge in [-0.15, -0.1) is 10.2 Å². The summed E-state index contributed by atoms with van der Waals surface area (Å²) in [4.78, 5) is 13.1. The average Bonchev–Trinajstić information content (AvgIpc) is 3.16. The minimum Gasteiger partial charge on any atom is -0.299 e. The lowest BCUT2D eigenvalue weighted by molar-refractivity contribution is -0.117. The second-order valence-corrected chi connectivity index (χ2v) is 11.5. The van der Waals surface area contributed by atoms with Crippen molar-refractivity contribution in [2.24, 2.45) is 0 Å². The number of nitrogens with zero attached hydrogens (tertiary/aromatic N) is 3. The Morgan fingerprint density at radius 2 is 1.78 bits per heavy atom. The number of rotatable bonds is 9. The summed E-state index contributed by atoms with van der Waals surface area (Å²) >= 11 is 2.80. The predicted molar refractivity (Wildman–Crippen MR) is 132 cm³/mol. The Labute approximate surface area is 197 Å². The van der Waals surface area contributed by atoms with Crippen LogP contribution in [-0.4, -0.2) is 36.8 Å². The molecule has 3 rings (SSSR count). The lowest BCUT2D eigenvalue weighted by Crippen LogP contribution is -2.47. The molecule has 170 valence electrons. The van der Waals surface area contributed by atoms with Crippen LogP contribution in [0.3, 0.4) is 0 Å². The molecule has 2 aromatic carbocycles. The van der Waals surface area contributed by atoms with Crippen LogP contribution in [-0.2, 0) is 20.6 Å². The number of carbonyl (C=O) groups excluding carboxylic acids is 1. The van der Waals surface area contributed by atoms with Gasteiger partial charge in [0.05, 0.1) is 11.9 Å². The zero-order chi connectivity index (χ0) is 23.3. The van der Waals surface area contributed by atoms with E-state index in [-0.39, 0.29) is 0 Å². The van der Waals surface area contributed by atoms with Crippen LogP contribution in [0, 0.1) is 13.8 Å². The van der Waals surface area contributed by atoms with Crippen molar-refractivity contribution in [2.45, 2.75) is 43.3 Å². The third-order valence-electron chi connectivity index (χ3n) is 4.63. The lowest BCUT2D eigenvalue weighted by Gasteiger charge is -2.30. The molecule has 32 heavy (non-hydrogen) atoms. The van der Waals surface area contributed by atoms with Gasteiger partial charge in [-0.05, 0) is 49.1 Å². The maximum absolute atomic E-state index is 13.1. The molecule has 0 saturated carbocycles. The van der Waals surface area contributed by atoms with Crippen molar-refractivity contribution in [3.63, 3.8) is 0 Å². The number of nitrogens with one attached hydrogen (secondary N) is 1. The van der Waals surface area contributed by atoms with Gasteiger partial charge in [0.1, 0.15) is 6.04 Å². The van der Waals surface area contributed by atoms with Gasteiger partial charge in [-0.25, -0.2) is 8.42 Å². The molecule has 1 aromatic heterocycles. The van der Waals surface area contributed by atoms with E-state index in [4.69, 9.17) is 0 Å². The zero-order valence-corrected chi connectivity index (χ0v) is 20.9. The van der Waals surface area contributed by atoms with Crippen LogP contribution in [0.4, 0.5) is 10.8 Å². The largest absolute Gasteiger partial charge is 0.299 e. The van der Waals surface area contributed by atoms with Crippen molar-refractivity contribution < 1.29 is 13.2 Å². The van der Waals surface area contributed by atoms with Gasteiger partial charge in [-0.3, -0.25) is 14.4 Å². The molecule has 0 bridgehead atoms. The van der Waals surface area contributed by atoms with Crippen molar-refractivity contribution in [3.05, 3.63) is 65.2 Å². The number of hydrogen-bond acceptors (Lipinski definition) is 7. The predicted octanol–water partition coefficient (Wildman–Crippen LogP) is 4.63. The highest BCUT2D eigenvalue weighted by Crippen LogP contribution is 2.29. The Balaban J connectivity index is 1.76. The molecule has 1 atom stereocenters. The third-order valence-corrected chi connectivity index (χ3v) is 7.86. The Hall–Kier alpha value is -2.43. The molecule has 10 heteroatoms. The molecule has 0 aliphatic rings. The summed E-state index contributed by atoms with van der Waals surface area (Å²) in [7, 11) is -3.70. The number of amides is 1. The monoisotopic (exact) mass is 490 g/mol. The molecule has 3 aromatic rings. The maximum Gasteiger partial charge on any atom is 0.250 e. The number of benzene rings is 2. The molecule has 1 heterocycles. The van der Waals surface area contributed by atoms with Crippen LogP contribution in [0.1, 0.15) is 30.0 Å². The van der Waals surface area contributed by atoms with E-state index in [2.05, 4.69) is 15.5 Å². The van der Waals surface area contributed by atoms with Crippen molar-refractivity contribution >= 4 is 49.8 Å². The molecular formula is C22H26N4O3S3. The highest BCUT2D eigenvalue weighted by molar-refractivity contribution is 8.00. The summed E-state index contributed by atoms with van der Waals surface area (Å²) in [6.07, 6.45) is 1.42. The molecule has 0 saturated heterocycles. The number of thioether (sulfide) groups is 1. The fourth-order valence-corrected chi connectivity index (χ4v) is 6.27. The molecule has 0 aliphatic carbocycles. The van der Waals surface area contributed by atoms with Gasteiger partial charge in [0.25, 0.3) is 0 Å². The normalized spacial score (nSPS) is 12.4. The lowest BCUT2D eigenvalue weighted by atomic mass is 10.1. The van der Waals surface area contributed by atoms with E-state index in [0.29, 0.717) is 17.2 Å².